The zero-order valence-electron chi connectivity index (χ0n) is 17.9. The molecule has 0 atom stereocenters. The van der Waals surface area contributed by atoms with Crippen LogP contribution in [0.1, 0.15) is 46.5 Å². The summed E-state index contributed by atoms with van der Waals surface area (Å²) in [6.45, 7) is 5.38. The quantitative estimate of drug-likeness (QED) is 0.498. The van der Waals surface area contributed by atoms with Crippen molar-refractivity contribution in [2.24, 2.45) is 5.92 Å². The van der Waals surface area contributed by atoms with Crippen LogP contribution in [0.3, 0.4) is 0 Å². The first-order valence-corrected chi connectivity index (χ1v) is 10.5. The van der Waals surface area contributed by atoms with E-state index in [4.69, 9.17) is 4.74 Å². The Kier molecular flexibility index (Phi) is 7.82. The third kappa shape index (κ3) is 7.00. The Labute approximate surface area is 183 Å². The number of amides is 2. The maximum absolute atomic E-state index is 12.6. The first-order chi connectivity index (χ1) is 15.0. The van der Waals surface area contributed by atoms with Crippen LogP contribution in [0.5, 0.6) is 5.75 Å². The lowest BCUT2D eigenvalue weighted by Crippen LogP contribution is -2.22. The van der Waals surface area contributed by atoms with Gasteiger partial charge in [0.25, 0.3) is 11.8 Å². The fourth-order valence-corrected chi connectivity index (χ4v) is 2.93. The fourth-order valence-electron chi connectivity index (χ4n) is 2.93. The molecule has 5 nitrogen and oxygen atoms in total. The lowest BCUT2D eigenvalue weighted by Gasteiger charge is -2.10. The van der Waals surface area contributed by atoms with Crippen LogP contribution in [0.15, 0.2) is 78.9 Å². The molecule has 0 unspecified atom stereocenters. The summed E-state index contributed by atoms with van der Waals surface area (Å²) in [5.74, 6) is 0.858. The van der Waals surface area contributed by atoms with Gasteiger partial charge >= 0.3 is 0 Å². The first kappa shape index (κ1) is 22.1. The van der Waals surface area contributed by atoms with Crippen molar-refractivity contribution in [1.82, 2.24) is 5.32 Å². The Bertz CT molecular complexity index is 999. The van der Waals surface area contributed by atoms with Crippen molar-refractivity contribution in [2.75, 3.05) is 11.9 Å². The third-order valence-corrected chi connectivity index (χ3v) is 4.76. The number of hydrogen-bond donors (Lipinski definition) is 2. The van der Waals surface area contributed by atoms with Crippen LogP contribution in [0.4, 0.5) is 5.69 Å². The summed E-state index contributed by atoms with van der Waals surface area (Å²) in [7, 11) is 0. The Balaban J connectivity index is 1.54. The number of hydrogen-bond acceptors (Lipinski definition) is 3. The number of anilines is 1. The molecule has 0 saturated heterocycles. The topological polar surface area (TPSA) is 67.4 Å². The standard InChI is InChI=1S/C26H28N2O3/c1-19(2)15-16-31-24-10-6-9-22(17-24)26(30)28-23-13-11-21(12-14-23)25(29)27-18-20-7-4-3-5-8-20/h3-14,17,19H,15-16,18H2,1-2H3,(H,27,29)(H,28,30). The summed E-state index contributed by atoms with van der Waals surface area (Å²) in [6.07, 6.45) is 0.960. The molecule has 0 fully saturated rings. The average molecular weight is 417 g/mol. The molecular formula is C26H28N2O3. The van der Waals surface area contributed by atoms with E-state index in [0.717, 1.165) is 12.0 Å². The predicted molar refractivity (Wildman–Crippen MR) is 123 cm³/mol. The number of carbonyl (C=O) groups is 2. The molecule has 0 aliphatic heterocycles. The van der Waals surface area contributed by atoms with E-state index >= 15 is 0 Å². The smallest absolute Gasteiger partial charge is 0.255 e. The van der Waals surface area contributed by atoms with Gasteiger partial charge < -0.3 is 15.4 Å². The molecule has 0 spiro atoms. The summed E-state index contributed by atoms with van der Waals surface area (Å²) in [4.78, 5) is 24.9. The largest absolute Gasteiger partial charge is 0.494 e. The predicted octanol–water partition coefficient (Wildman–Crippen LogP) is 5.29. The second kappa shape index (κ2) is 11.0. The molecule has 3 rings (SSSR count). The van der Waals surface area contributed by atoms with Crippen LogP contribution in [0.25, 0.3) is 0 Å². The van der Waals surface area contributed by atoms with E-state index in [2.05, 4.69) is 24.5 Å². The summed E-state index contributed by atoms with van der Waals surface area (Å²) in [5.41, 5.74) is 2.71. The van der Waals surface area contributed by atoms with E-state index < -0.39 is 0 Å². The molecule has 2 amide bonds. The molecule has 0 heterocycles. The van der Waals surface area contributed by atoms with Crippen LogP contribution in [-0.4, -0.2) is 18.4 Å². The molecule has 2 N–H and O–H groups in total. The minimum Gasteiger partial charge on any atom is -0.494 e. The fraction of sp³-hybridized carbons (Fsp3) is 0.231. The van der Waals surface area contributed by atoms with Gasteiger partial charge in [0.1, 0.15) is 5.75 Å². The summed E-state index contributed by atoms with van der Waals surface area (Å²) in [6, 6.07) is 23.7. The first-order valence-electron chi connectivity index (χ1n) is 10.5. The molecule has 3 aromatic rings. The van der Waals surface area contributed by atoms with Crippen LogP contribution < -0.4 is 15.4 Å². The van der Waals surface area contributed by atoms with Gasteiger partial charge in [-0.25, -0.2) is 0 Å². The highest BCUT2D eigenvalue weighted by molar-refractivity contribution is 6.04. The van der Waals surface area contributed by atoms with Crippen molar-refractivity contribution in [1.29, 1.82) is 0 Å². The maximum atomic E-state index is 12.6. The van der Waals surface area contributed by atoms with Crippen LogP contribution in [0, 0.1) is 5.92 Å². The Hall–Kier alpha value is -3.60. The highest BCUT2D eigenvalue weighted by Crippen LogP contribution is 2.17. The van der Waals surface area contributed by atoms with Crippen LogP contribution in [0.2, 0.25) is 0 Å². The zero-order chi connectivity index (χ0) is 22.1. The second-order valence-corrected chi connectivity index (χ2v) is 7.76. The summed E-state index contributed by atoms with van der Waals surface area (Å²) < 4.78 is 5.73. The second-order valence-electron chi connectivity index (χ2n) is 7.76. The molecule has 160 valence electrons. The Morgan fingerprint density at radius 1 is 0.839 bits per heavy atom. The van der Waals surface area contributed by atoms with Gasteiger partial charge in [-0.15, -0.1) is 0 Å². The molecule has 0 radical (unpaired) electrons. The van der Waals surface area contributed by atoms with Gasteiger partial charge in [0, 0.05) is 23.4 Å². The van der Waals surface area contributed by atoms with Gasteiger partial charge in [0.15, 0.2) is 0 Å². The van der Waals surface area contributed by atoms with Gasteiger partial charge in [0.05, 0.1) is 6.61 Å². The molecule has 0 aliphatic carbocycles. The van der Waals surface area contributed by atoms with E-state index in [-0.39, 0.29) is 11.8 Å². The SMILES string of the molecule is CC(C)CCOc1cccc(C(=O)Nc2ccc(C(=O)NCc3ccccc3)cc2)c1. The average Bonchev–Trinajstić information content (AvgIpc) is 2.78. The number of ether oxygens (including phenoxy) is 1. The number of benzene rings is 3. The molecule has 0 bridgehead atoms. The monoisotopic (exact) mass is 416 g/mol. The maximum Gasteiger partial charge on any atom is 0.255 e. The van der Waals surface area contributed by atoms with Crippen LogP contribution >= 0.6 is 0 Å². The van der Waals surface area contributed by atoms with E-state index in [0.29, 0.717) is 41.6 Å². The summed E-state index contributed by atoms with van der Waals surface area (Å²) >= 11 is 0. The van der Waals surface area contributed by atoms with E-state index in [1.54, 1.807) is 42.5 Å². The lowest BCUT2D eigenvalue weighted by molar-refractivity contribution is 0.0950. The van der Waals surface area contributed by atoms with E-state index in [1.807, 2.05) is 36.4 Å². The van der Waals surface area contributed by atoms with Crippen LogP contribution in [-0.2, 0) is 6.54 Å². The Morgan fingerprint density at radius 2 is 1.58 bits per heavy atom. The molecule has 3 aromatic carbocycles. The highest BCUT2D eigenvalue weighted by atomic mass is 16.5. The Morgan fingerprint density at radius 3 is 2.29 bits per heavy atom. The van der Waals surface area contributed by atoms with Crippen molar-refractivity contribution in [3.63, 3.8) is 0 Å². The lowest BCUT2D eigenvalue weighted by atomic mass is 10.1. The molecule has 5 heteroatoms. The van der Waals surface area contributed by atoms with Crippen molar-refractivity contribution in [2.45, 2.75) is 26.8 Å². The van der Waals surface area contributed by atoms with Crippen molar-refractivity contribution >= 4 is 17.5 Å². The molecule has 0 saturated carbocycles. The van der Waals surface area contributed by atoms with Gasteiger partial charge in [-0.05, 0) is 60.4 Å². The van der Waals surface area contributed by atoms with Crippen molar-refractivity contribution < 1.29 is 14.3 Å². The minimum atomic E-state index is -0.226. The number of carbonyl (C=O) groups excluding carboxylic acids is 2. The molecule has 31 heavy (non-hydrogen) atoms. The van der Waals surface area contributed by atoms with Crippen molar-refractivity contribution in [3.8, 4) is 5.75 Å². The number of rotatable bonds is 9. The number of nitrogens with one attached hydrogen (secondary N) is 2. The highest BCUT2D eigenvalue weighted by Gasteiger charge is 2.09. The van der Waals surface area contributed by atoms with E-state index in [1.165, 1.54) is 0 Å². The van der Waals surface area contributed by atoms with Gasteiger partial charge in [-0.1, -0.05) is 50.2 Å². The zero-order valence-corrected chi connectivity index (χ0v) is 17.9. The van der Waals surface area contributed by atoms with Gasteiger partial charge in [-0.3, -0.25) is 9.59 Å². The summed E-state index contributed by atoms with van der Waals surface area (Å²) in [5, 5.41) is 5.75. The van der Waals surface area contributed by atoms with Gasteiger partial charge in [-0.2, -0.15) is 0 Å². The molecular weight excluding hydrogens is 388 g/mol. The normalized spacial score (nSPS) is 10.5. The molecule has 0 aromatic heterocycles. The third-order valence-electron chi connectivity index (χ3n) is 4.76. The molecule has 0 aliphatic rings. The van der Waals surface area contributed by atoms with Gasteiger partial charge in [0.2, 0.25) is 0 Å². The minimum absolute atomic E-state index is 0.159. The van der Waals surface area contributed by atoms with E-state index in [9.17, 15) is 9.59 Å². The van der Waals surface area contributed by atoms with Crippen molar-refractivity contribution in [3.05, 3.63) is 95.6 Å².